The van der Waals surface area contributed by atoms with Crippen LogP contribution >= 0.6 is 0 Å². The Bertz CT molecular complexity index is 1220. The van der Waals surface area contributed by atoms with Crippen molar-refractivity contribution in [2.24, 2.45) is 24.3 Å². The van der Waals surface area contributed by atoms with Gasteiger partial charge in [-0.2, -0.15) is 10.2 Å². The van der Waals surface area contributed by atoms with Crippen LogP contribution in [0.25, 0.3) is 11.3 Å². The van der Waals surface area contributed by atoms with Crippen LogP contribution in [0, 0.1) is 31.1 Å². The number of amides is 2. The number of aromatic amines is 1. The van der Waals surface area contributed by atoms with Crippen molar-refractivity contribution >= 4 is 17.6 Å². The summed E-state index contributed by atoms with van der Waals surface area (Å²) in [5.74, 6) is 0.280. The Kier molecular flexibility index (Phi) is 5.90. The van der Waals surface area contributed by atoms with Gasteiger partial charge in [0.2, 0.25) is 5.91 Å². The predicted octanol–water partition coefficient (Wildman–Crippen LogP) is 3.17. The highest BCUT2D eigenvalue weighted by Crippen LogP contribution is 2.58. The molecule has 10 nitrogen and oxygen atoms in total. The lowest BCUT2D eigenvalue weighted by molar-refractivity contribution is -0.121. The summed E-state index contributed by atoms with van der Waals surface area (Å²) >= 11 is 0. The average Bonchev–Trinajstić information content (AvgIpc) is 3.23. The first-order valence-electron chi connectivity index (χ1n) is 12.2. The predicted molar refractivity (Wildman–Crippen MR) is 130 cm³/mol. The Morgan fingerprint density at radius 1 is 1.17 bits per heavy atom. The minimum atomic E-state index is -0.671. The number of aryl methyl sites for hydroxylation is 3. The van der Waals surface area contributed by atoms with Crippen LogP contribution in [0.1, 0.15) is 60.9 Å². The molecule has 10 heteroatoms. The third kappa shape index (κ3) is 4.44. The fourth-order valence-electron chi connectivity index (χ4n) is 5.37. The molecule has 0 spiro atoms. The largest absolute Gasteiger partial charge is 0.339 e. The Labute approximate surface area is 204 Å². The van der Waals surface area contributed by atoms with Gasteiger partial charge in [-0.15, -0.1) is 10.2 Å². The smallest absolute Gasteiger partial charge is 0.270 e. The van der Waals surface area contributed by atoms with Gasteiger partial charge >= 0.3 is 0 Å². The van der Waals surface area contributed by atoms with Gasteiger partial charge in [0.1, 0.15) is 11.7 Å². The van der Waals surface area contributed by atoms with Crippen molar-refractivity contribution < 1.29 is 9.59 Å². The number of carbonyl (C=O) groups excluding carboxylic acids is 2. The van der Waals surface area contributed by atoms with Gasteiger partial charge in [-0.05, 0) is 62.1 Å². The lowest BCUT2D eigenvalue weighted by atomic mass is 9.66. The second-order valence-corrected chi connectivity index (χ2v) is 10.3. The van der Waals surface area contributed by atoms with E-state index in [4.69, 9.17) is 0 Å². The number of nitrogens with zero attached hydrogens (tertiary/aromatic N) is 5. The van der Waals surface area contributed by atoms with Gasteiger partial charge in [-0.25, -0.2) is 0 Å². The van der Waals surface area contributed by atoms with Crippen molar-refractivity contribution in [1.29, 1.82) is 0 Å². The number of aromatic nitrogens is 6. The van der Waals surface area contributed by atoms with E-state index in [2.05, 4.69) is 43.1 Å². The molecule has 35 heavy (non-hydrogen) atoms. The molecule has 184 valence electrons. The van der Waals surface area contributed by atoms with E-state index in [1.165, 1.54) is 11.1 Å². The van der Waals surface area contributed by atoms with Crippen molar-refractivity contribution in [3.63, 3.8) is 0 Å². The van der Waals surface area contributed by atoms with Gasteiger partial charge in [0.15, 0.2) is 5.82 Å². The topological polar surface area (TPSA) is 130 Å². The van der Waals surface area contributed by atoms with Crippen molar-refractivity contribution in [3.8, 4) is 11.3 Å². The second kappa shape index (κ2) is 8.90. The first-order valence-corrected chi connectivity index (χ1v) is 12.2. The fraction of sp³-hybridized carbons (Fsp3) is 0.520. The fourth-order valence-corrected chi connectivity index (χ4v) is 5.37. The van der Waals surface area contributed by atoms with E-state index < -0.39 is 6.04 Å². The van der Waals surface area contributed by atoms with Crippen LogP contribution in [-0.4, -0.2) is 48.0 Å². The molecule has 2 amide bonds. The van der Waals surface area contributed by atoms with Crippen molar-refractivity contribution in [1.82, 2.24) is 35.5 Å². The molecule has 2 aliphatic carbocycles. The first-order chi connectivity index (χ1) is 16.8. The normalized spacial score (nSPS) is 18.4. The zero-order valence-corrected chi connectivity index (χ0v) is 20.6. The minimum Gasteiger partial charge on any atom is -0.339 e. The Balaban J connectivity index is 1.39. The van der Waals surface area contributed by atoms with Gasteiger partial charge in [-0.1, -0.05) is 26.2 Å². The van der Waals surface area contributed by atoms with E-state index in [-0.39, 0.29) is 23.1 Å². The van der Waals surface area contributed by atoms with Crippen LogP contribution in [0.3, 0.4) is 0 Å². The number of nitrogens with one attached hydrogen (secondary N) is 3. The van der Waals surface area contributed by atoms with Crippen LogP contribution in [-0.2, 0) is 11.8 Å². The summed E-state index contributed by atoms with van der Waals surface area (Å²) in [4.78, 5) is 26.8. The molecule has 3 heterocycles. The highest BCUT2D eigenvalue weighted by Gasteiger charge is 2.54. The van der Waals surface area contributed by atoms with Crippen LogP contribution in [0.15, 0.2) is 24.4 Å². The third-order valence-electron chi connectivity index (χ3n) is 7.78. The summed E-state index contributed by atoms with van der Waals surface area (Å²) in [7, 11) is 1.72. The molecule has 0 aromatic carbocycles. The molecule has 2 atom stereocenters. The van der Waals surface area contributed by atoms with Gasteiger partial charge in [0.05, 0.1) is 11.4 Å². The summed E-state index contributed by atoms with van der Waals surface area (Å²) in [6.07, 6.45) is 7.05. The molecular weight excluding hydrogens is 444 g/mol. The number of hydrogen-bond acceptors (Lipinski definition) is 6. The van der Waals surface area contributed by atoms with E-state index in [9.17, 15) is 9.59 Å². The maximum atomic E-state index is 13.7. The van der Waals surface area contributed by atoms with Crippen LogP contribution < -0.4 is 10.6 Å². The molecule has 1 unspecified atom stereocenters. The van der Waals surface area contributed by atoms with E-state index >= 15 is 0 Å². The average molecular weight is 477 g/mol. The number of hydrogen-bond donors (Lipinski definition) is 3. The molecule has 0 bridgehead atoms. The lowest BCUT2D eigenvalue weighted by Gasteiger charge is -2.42. The lowest BCUT2D eigenvalue weighted by Crippen LogP contribution is -2.54. The van der Waals surface area contributed by atoms with Crippen molar-refractivity contribution in [2.75, 3.05) is 5.32 Å². The number of rotatable bonds is 8. The summed E-state index contributed by atoms with van der Waals surface area (Å²) in [5.41, 5.74) is 3.82. The summed E-state index contributed by atoms with van der Waals surface area (Å²) in [6.45, 7) is 6.07. The zero-order valence-electron chi connectivity index (χ0n) is 20.6. The first kappa shape index (κ1) is 23.2. The molecule has 5 rings (SSSR count). The summed E-state index contributed by atoms with van der Waals surface area (Å²) in [5, 5.41) is 25.8. The standard InChI is InChI=1S/C25H32N8O2/c1-14-20(15(2)30-29-14)17-8-9-19(32-31-17)27-24(35)22(28-23(34)18-10-13-26-33(18)4)21(16-6-5-7-16)25(3)11-12-25/h8-10,13,16,21-22H,5-7,11-12H2,1-4H3,(H,28,34)(H,29,30)(H,27,32,35)/t21?,22-/m0/s1. The van der Waals surface area contributed by atoms with Crippen LogP contribution in [0.5, 0.6) is 0 Å². The molecule has 0 aliphatic heterocycles. The molecule has 3 N–H and O–H groups in total. The molecule has 0 radical (unpaired) electrons. The van der Waals surface area contributed by atoms with Gasteiger partial charge in [-0.3, -0.25) is 19.4 Å². The van der Waals surface area contributed by atoms with E-state index in [0.29, 0.717) is 23.1 Å². The summed E-state index contributed by atoms with van der Waals surface area (Å²) < 4.78 is 1.52. The molecule has 3 aromatic heterocycles. The molecule has 2 aliphatic rings. The van der Waals surface area contributed by atoms with Crippen molar-refractivity contribution in [2.45, 2.75) is 58.9 Å². The molecule has 2 fully saturated rings. The van der Waals surface area contributed by atoms with Crippen LogP contribution in [0.2, 0.25) is 0 Å². The number of anilines is 1. The van der Waals surface area contributed by atoms with Gasteiger partial charge < -0.3 is 10.6 Å². The SMILES string of the molecule is Cc1n[nH]c(C)c1-c1ccc(NC(=O)[C@@H](NC(=O)c2ccnn2C)C(C2CCC2)C2(C)CC2)nn1. The quantitative estimate of drug-likeness (QED) is 0.458. The van der Waals surface area contributed by atoms with E-state index in [1.54, 1.807) is 25.4 Å². The molecule has 3 aromatic rings. The van der Waals surface area contributed by atoms with E-state index in [0.717, 1.165) is 42.6 Å². The highest BCUT2D eigenvalue weighted by atomic mass is 16.2. The Hall–Kier alpha value is -3.56. The minimum absolute atomic E-state index is 0.0543. The third-order valence-corrected chi connectivity index (χ3v) is 7.78. The Morgan fingerprint density at radius 2 is 1.94 bits per heavy atom. The van der Waals surface area contributed by atoms with Crippen LogP contribution in [0.4, 0.5) is 5.82 Å². The molecule has 2 saturated carbocycles. The van der Waals surface area contributed by atoms with Crippen molar-refractivity contribution in [3.05, 3.63) is 41.5 Å². The summed E-state index contributed by atoms with van der Waals surface area (Å²) in [6, 6.07) is 4.55. The molecule has 0 saturated heterocycles. The van der Waals surface area contributed by atoms with E-state index in [1.807, 2.05) is 19.9 Å². The zero-order chi connectivity index (χ0) is 24.7. The number of carbonyl (C=O) groups is 2. The van der Waals surface area contributed by atoms with Gasteiger partial charge in [0.25, 0.3) is 5.91 Å². The molecular formula is C25H32N8O2. The number of H-pyrrole nitrogens is 1. The second-order valence-electron chi connectivity index (χ2n) is 10.3. The maximum absolute atomic E-state index is 13.7. The maximum Gasteiger partial charge on any atom is 0.270 e. The van der Waals surface area contributed by atoms with Gasteiger partial charge in [0, 0.05) is 24.5 Å². The monoisotopic (exact) mass is 476 g/mol. The Morgan fingerprint density at radius 3 is 2.46 bits per heavy atom. The highest BCUT2D eigenvalue weighted by molar-refractivity contribution is 6.00.